The number of nitrogens with zero attached hydrogens (tertiary/aromatic N) is 4. The summed E-state index contributed by atoms with van der Waals surface area (Å²) in [6.07, 6.45) is 1.66. The molecule has 9 heteroatoms. The van der Waals surface area contributed by atoms with Crippen LogP contribution < -0.4 is 10.1 Å². The van der Waals surface area contributed by atoms with Crippen molar-refractivity contribution in [3.8, 4) is 11.3 Å². The Morgan fingerprint density at radius 3 is 3.21 bits per heavy atom. The highest BCUT2D eigenvalue weighted by atomic mass is 32.1. The molecule has 1 aromatic rings. The number of rotatable bonds is 4. The van der Waals surface area contributed by atoms with Crippen LogP contribution in [0.4, 0.5) is 0 Å². The molecule has 8 nitrogen and oxygen atoms in total. The summed E-state index contributed by atoms with van der Waals surface area (Å²) in [7, 11) is 1.53. The number of allylic oxidation sites excluding steroid dienone is 1. The first-order valence-corrected chi connectivity index (χ1v) is 6.23. The van der Waals surface area contributed by atoms with Gasteiger partial charge in [0.25, 0.3) is 5.19 Å². The van der Waals surface area contributed by atoms with Gasteiger partial charge in [0, 0.05) is 24.2 Å². The van der Waals surface area contributed by atoms with Gasteiger partial charge in [-0.15, -0.1) is 0 Å². The molecule has 1 aliphatic rings. The fourth-order valence-electron chi connectivity index (χ4n) is 1.75. The maximum atomic E-state index is 10.8. The lowest BCUT2D eigenvalue weighted by atomic mass is 10.4. The number of ether oxygens (including phenoxy) is 1. The van der Waals surface area contributed by atoms with Crippen LogP contribution in [0.3, 0.4) is 0 Å². The van der Waals surface area contributed by atoms with Crippen molar-refractivity contribution < 1.29 is 9.66 Å². The fourth-order valence-corrected chi connectivity index (χ4v) is 2.49. The Morgan fingerprint density at radius 1 is 1.84 bits per heavy atom. The van der Waals surface area contributed by atoms with E-state index in [0.29, 0.717) is 24.8 Å². The smallest absolute Gasteiger partial charge is 0.385 e. The monoisotopic (exact) mass is 281 g/mol. The molecule has 2 heterocycles. The van der Waals surface area contributed by atoms with Gasteiger partial charge in [-0.1, -0.05) is 11.3 Å². The first-order chi connectivity index (χ1) is 9.15. The van der Waals surface area contributed by atoms with Crippen LogP contribution in [0.1, 0.15) is 4.88 Å². The lowest BCUT2D eigenvalue weighted by Gasteiger charge is -2.15. The standard InChI is InChI=1S/C10H11N5O3S/c1-18-10-13-5-7(19-10)6-14-3-2-12-9(14)8(4-11)15(16)17/h5,12H,2-3,6H2,1H3/b9-8+. The quantitative estimate of drug-likeness (QED) is 0.487. The van der Waals surface area contributed by atoms with Gasteiger partial charge in [-0.2, -0.15) is 5.26 Å². The van der Waals surface area contributed by atoms with Crippen molar-refractivity contribution in [3.63, 3.8) is 0 Å². The van der Waals surface area contributed by atoms with Gasteiger partial charge in [0.05, 0.1) is 18.6 Å². The third kappa shape index (κ3) is 2.74. The molecule has 0 saturated carbocycles. The van der Waals surface area contributed by atoms with E-state index in [1.165, 1.54) is 18.4 Å². The zero-order chi connectivity index (χ0) is 13.8. The van der Waals surface area contributed by atoms with Crippen molar-refractivity contribution in [2.45, 2.75) is 6.54 Å². The van der Waals surface area contributed by atoms with Crippen molar-refractivity contribution in [3.05, 3.63) is 32.7 Å². The molecular weight excluding hydrogens is 270 g/mol. The molecular formula is C10H11N5O3S. The maximum Gasteiger partial charge on any atom is 0.385 e. The van der Waals surface area contributed by atoms with Crippen LogP contribution in [0.5, 0.6) is 5.19 Å². The van der Waals surface area contributed by atoms with Gasteiger partial charge in [-0.05, 0) is 0 Å². The number of hydrogen-bond donors (Lipinski definition) is 1. The molecule has 0 spiro atoms. The Kier molecular flexibility index (Phi) is 3.82. The topological polar surface area (TPSA) is 104 Å². The molecule has 2 rings (SSSR count). The Morgan fingerprint density at radius 2 is 2.63 bits per heavy atom. The molecule has 1 aliphatic heterocycles. The van der Waals surface area contributed by atoms with Crippen LogP contribution in [0.25, 0.3) is 0 Å². The molecule has 0 radical (unpaired) electrons. The minimum absolute atomic E-state index is 0.264. The summed E-state index contributed by atoms with van der Waals surface area (Å²) in [5.74, 6) is 0.264. The van der Waals surface area contributed by atoms with Crippen LogP contribution in [0.15, 0.2) is 17.7 Å². The first-order valence-electron chi connectivity index (χ1n) is 5.42. The highest BCUT2D eigenvalue weighted by Crippen LogP contribution is 2.24. The van der Waals surface area contributed by atoms with Crippen LogP contribution in [-0.2, 0) is 6.54 Å². The van der Waals surface area contributed by atoms with E-state index < -0.39 is 10.6 Å². The zero-order valence-electron chi connectivity index (χ0n) is 10.1. The van der Waals surface area contributed by atoms with E-state index in [0.717, 1.165) is 4.88 Å². The summed E-state index contributed by atoms with van der Waals surface area (Å²) >= 11 is 1.37. The van der Waals surface area contributed by atoms with Gasteiger partial charge in [0.15, 0.2) is 11.9 Å². The minimum Gasteiger partial charge on any atom is -0.473 e. The molecule has 0 amide bonds. The van der Waals surface area contributed by atoms with Crippen molar-refractivity contribution in [2.75, 3.05) is 20.2 Å². The van der Waals surface area contributed by atoms with Gasteiger partial charge in [0.1, 0.15) is 0 Å². The summed E-state index contributed by atoms with van der Waals surface area (Å²) in [5.41, 5.74) is -0.464. The van der Waals surface area contributed by atoms with Crippen molar-refractivity contribution in [1.82, 2.24) is 15.2 Å². The van der Waals surface area contributed by atoms with Crippen LogP contribution in [-0.4, -0.2) is 35.0 Å². The molecule has 0 unspecified atom stereocenters. The SMILES string of the molecule is COc1ncc(CN2CCN/C2=C(/C#N)[N+](=O)[O-])s1. The van der Waals surface area contributed by atoms with Crippen molar-refractivity contribution in [1.29, 1.82) is 5.26 Å². The Labute approximate surface area is 113 Å². The number of aromatic nitrogens is 1. The van der Waals surface area contributed by atoms with Gasteiger partial charge >= 0.3 is 5.70 Å². The number of thiazole rings is 1. The highest BCUT2D eigenvalue weighted by molar-refractivity contribution is 7.13. The summed E-state index contributed by atoms with van der Waals surface area (Å²) in [6, 6.07) is 1.62. The minimum atomic E-state index is -0.673. The molecule has 1 saturated heterocycles. The second-order valence-electron chi connectivity index (χ2n) is 3.71. The lowest BCUT2D eigenvalue weighted by molar-refractivity contribution is -0.419. The summed E-state index contributed by atoms with van der Waals surface area (Å²) < 4.78 is 4.99. The van der Waals surface area contributed by atoms with Crippen LogP contribution >= 0.6 is 11.3 Å². The summed E-state index contributed by atoms with van der Waals surface area (Å²) in [4.78, 5) is 16.8. The largest absolute Gasteiger partial charge is 0.473 e. The molecule has 1 aromatic heterocycles. The fraction of sp³-hybridized carbons (Fsp3) is 0.400. The Hall–Kier alpha value is -2.34. The zero-order valence-corrected chi connectivity index (χ0v) is 10.9. The number of nitriles is 1. The molecule has 19 heavy (non-hydrogen) atoms. The number of methoxy groups -OCH3 is 1. The van der Waals surface area contributed by atoms with E-state index >= 15 is 0 Å². The van der Waals surface area contributed by atoms with E-state index in [1.807, 2.05) is 0 Å². The third-order valence-electron chi connectivity index (χ3n) is 2.56. The van der Waals surface area contributed by atoms with E-state index in [4.69, 9.17) is 10.00 Å². The predicted octanol–water partition coefficient (Wildman–Crippen LogP) is 0.526. The average Bonchev–Trinajstić information content (AvgIpc) is 3.00. The van der Waals surface area contributed by atoms with Crippen molar-refractivity contribution in [2.24, 2.45) is 0 Å². The maximum absolute atomic E-state index is 10.8. The second-order valence-corrected chi connectivity index (χ2v) is 4.79. The Bertz CT molecular complexity index is 562. The Balaban J connectivity index is 2.20. The van der Waals surface area contributed by atoms with Crippen molar-refractivity contribution >= 4 is 11.3 Å². The molecule has 100 valence electrons. The van der Waals surface area contributed by atoms with E-state index in [2.05, 4.69) is 10.3 Å². The van der Waals surface area contributed by atoms with E-state index in [1.54, 1.807) is 17.2 Å². The number of nitro groups is 1. The molecule has 1 N–H and O–H groups in total. The lowest BCUT2D eigenvalue weighted by Crippen LogP contribution is -2.23. The van der Waals surface area contributed by atoms with E-state index in [9.17, 15) is 10.1 Å². The van der Waals surface area contributed by atoms with Gasteiger partial charge in [-0.25, -0.2) is 4.98 Å². The average molecular weight is 281 g/mol. The van der Waals surface area contributed by atoms with Gasteiger partial charge in [0.2, 0.25) is 0 Å². The number of hydrogen-bond acceptors (Lipinski definition) is 8. The van der Waals surface area contributed by atoms with Gasteiger partial charge in [-0.3, -0.25) is 10.1 Å². The van der Waals surface area contributed by atoms with Gasteiger partial charge < -0.3 is 15.0 Å². The van der Waals surface area contributed by atoms with Crippen LogP contribution in [0.2, 0.25) is 0 Å². The van der Waals surface area contributed by atoms with E-state index in [-0.39, 0.29) is 5.82 Å². The molecule has 0 bridgehead atoms. The van der Waals surface area contributed by atoms with Crippen LogP contribution in [0, 0.1) is 21.4 Å². The molecule has 0 atom stereocenters. The molecule has 0 aromatic carbocycles. The molecule has 1 fully saturated rings. The highest BCUT2D eigenvalue weighted by Gasteiger charge is 2.28. The summed E-state index contributed by atoms with van der Waals surface area (Å²) in [6.45, 7) is 1.64. The third-order valence-corrected chi connectivity index (χ3v) is 3.50. The second kappa shape index (κ2) is 5.53. The predicted molar refractivity (Wildman–Crippen MR) is 66.7 cm³/mol. The first kappa shape index (κ1) is 13.1. The number of nitrogens with one attached hydrogen (secondary N) is 1. The normalized spacial score (nSPS) is 16.7. The molecule has 0 aliphatic carbocycles. The summed E-state index contributed by atoms with van der Waals surface area (Å²) in [5, 5.41) is 23.1.